The molecule has 4 bridgehead atoms. The highest BCUT2D eigenvalue weighted by Crippen LogP contribution is 2.67. The van der Waals surface area contributed by atoms with Crippen molar-refractivity contribution in [3.8, 4) is 0 Å². The Kier molecular flexibility index (Phi) is 3.09. The van der Waals surface area contributed by atoms with Gasteiger partial charge in [0.15, 0.2) is 0 Å². The molecule has 19 heavy (non-hydrogen) atoms. The SMILES string of the molecule is CC12CC3CC(CC(C3)C1(Br)CN1CCCCC1)C2. The van der Waals surface area contributed by atoms with Crippen molar-refractivity contribution < 1.29 is 0 Å². The molecule has 1 aliphatic heterocycles. The first-order valence-electron chi connectivity index (χ1n) is 8.50. The molecule has 4 saturated carbocycles. The van der Waals surface area contributed by atoms with Crippen LogP contribution in [-0.4, -0.2) is 28.9 Å². The molecule has 0 amide bonds. The van der Waals surface area contributed by atoms with Gasteiger partial charge >= 0.3 is 0 Å². The van der Waals surface area contributed by atoms with Gasteiger partial charge in [-0.2, -0.15) is 0 Å². The molecule has 0 spiro atoms. The van der Waals surface area contributed by atoms with Crippen LogP contribution < -0.4 is 0 Å². The summed E-state index contributed by atoms with van der Waals surface area (Å²) in [5, 5.41) is 0. The van der Waals surface area contributed by atoms with Gasteiger partial charge in [-0.15, -0.1) is 0 Å². The van der Waals surface area contributed by atoms with Gasteiger partial charge < -0.3 is 4.90 Å². The highest BCUT2D eigenvalue weighted by molar-refractivity contribution is 9.10. The van der Waals surface area contributed by atoms with Crippen LogP contribution in [0.15, 0.2) is 0 Å². The first-order valence-corrected chi connectivity index (χ1v) is 9.30. The van der Waals surface area contributed by atoms with Crippen molar-refractivity contribution in [3.63, 3.8) is 0 Å². The second kappa shape index (κ2) is 4.47. The molecule has 3 atom stereocenters. The monoisotopic (exact) mass is 325 g/mol. The van der Waals surface area contributed by atoms with Crippen LogP contribution in [0.2, 0.25) is 0 Å². The second-order valence-electron chi connectivity index (χ2n) is 8.30. The highest BCUT2D eigenvalue weighted by atomic mass is 79.9. The van der Waals surface area contributed by atoms with Gasteiger partial charge in [-0.05, 0) is 81.2 Å². The number of halogens is 1. The van der Waals surface area contributed by atoms with Crippen molar-refractivity contribution in [2.75, 3.05) is 19.6 Å². The fraction of sp³-hybridized carbons (Fsp3) is 1.00. The van der Waals surface area contributed by atoms with Gasteiger partial charge in [0.25, 0.3) is 0 Å². The van der Waals surface area contributed by atoms with E-state index in [2.05, 4.69) is 27.8 Å². The summed E-state index contributed by atoms with van der Waals surface area (Å²) < 4.78 is 0.435. The van der Waals surface area contributed by atoms with E-state index in [4.69, 9.17) is 0 Å². The quantitative estimate of drug-likeness (QED) is 0.678. The van der Waals surface area contributed by atoms with Gasteiger partial charge in [-0.25, -0.2) is 0 Å². The van der Waals surface area contributed by atoms with Crippen LogP contribution >= 0.6 is 15.9 Å². The van der Waals surface area contributed by atoms with Gasteiger partial charge in [0, 0.05) is 10.9 Å². The lowest BCUT2D eigenvalue weighted by Crippen LogP contribution is -2.64. The summed E-state index contributed by atoms with van der Waals surface area (Å²) in [5.74, 6) is 3.09. The standard InChI is InChI=1S/C17H28BrN/c1-16-10-13-7-14(11-16)9-15(8-13)17(16,18)12-19-5-3-2-4-6-19/h13-15H,2-12H2,1H3. The zero-order valence-corrected chi connectivity index (χ0v) is 13.9. The molecule has 0 aromatic carbocycles. The molecule has 4 aliphatic carbocycles. The lowest BCUT2D eigenvalue weighted by molar-refractivity contribution is -0.0850. The third kappa shape index (κ3) is 1.96. The van der Waals surface area contributed by atoms with Crippen LogP contribution in [0, 0.1) is 23.2 Å². The van der Waals surface area contributed by atoms with Crippen LogP contribution in [0.4, 0.5) is 0 Å². The van der Waals surface area contributed by atoms with E-state index in [9.17, 15) is 0 Å². The van der Waals surface area contributed by atoms with Gasteiger partial charge in [0.05, 0.1) is 0 Å². The summed E-state index contributed by atoms with van der Waals surface area (Å²) >= 11 is 4.34. The molecule has 1 nitrogen and oxygen atoms in total. The Labute approximate surface area is 126 Å². The molecule has 2 heteroatoms. The maximum atomic E-state index is 4.34. The van der Waals surface area contributed by atoms with E-state index in [-0.39, 0.29) is 0 Å². The number of rotatable bonds is 2. The number of nitrogens with zero attached hydrogens (tertiary/aromatic N) is 1. The zero-order valence-electron chi connectivity index (χ0n) is 12.3. The van der Waals surface area contributed by atoms with E-state index in [1.807, 2.05) is 0 Å². The lowest BCUT2D eigenvalue weighted by Gasteiger charge is -2.65. The van der Waals surface area contributed by atoms with Gasteiger partial charge in [0.2, 0.25) is 0 Å². The van der Waals surface area contributed by atoms with Crippen LogP contribution in [0.1, 0.15) is 58.3 Å². The molecule has 0 aromatic heterocycles. The van der Waals surface area contributed by atoms with Gasteiger partial charge in [-0.1, -0.05) is 29.3 Å². The fourth-order valence-electron chi connectivity index (χ4n) is 6.22. The first kappa shape index (κ1) is 13.1. The van der Waals surface area contributed by atoms with E-state index >= 15 is 0 Å². The Morgan fingerprint density at radius 2 is 1.63 bits per heavy atom. The molecular formula is C17H28BrN. The normalized spacial score (nSPS) is 53.7. The Morgan fingerprint density at radius 3 is 2.21 bits per heavy atom. The molecule has 0 N–H and O–H groups in total. The Bertz CT molecular complexity index is 348. The van der Waals surface area contributed by atoms with Crippen molar-refractivity contribution in [1.29, 1.82) is 0 Å². The zero-order chi connectivity index (χ0) is 13.1. The molecule has 5 aliphatic rings. The van der Waals surface area contributed by atoms with E-state index in [1.54, 1.807) is 6.42 Å². The Hall–Kier alpha value is 0.440. The largest absolute Gasteiger partial charge is 0.302 e. The van der Waals surface area contributed by atoms with Crippen LogP contribution in [-0.2, 0) is 0 Å². The molecule has 1 saturated heterocycles. The van der Waals surface area contributed by atoms with E-state index in [0.717, 1.165) is 17.8 Å². The summed E-state index contributed by atoms with van der Waals surface area (Å²) in [6, 6.07) is 0. The third-order valence-corrected chi connectivity index (χ3v) is 8.79. The molecule has 108 valence electrons. The second-order valence-corrected chi connectivity index (χ2v) is 9.72. The summed E-state index contributed by atoms with van der Waals surface area (Å²) in [6.07, 6.45) is 11.9. The van der Waals surface area contributed by atoms with Crippen LogP contribution in [0.5, 0.6) is 0 Å². The molecular weight excluding hydrogens is 298 g/mol. The predicted molar refractivity (Wildman–Crippen MR) is 83.6 cm³/mol. The van der Waals surface area contributed by atoms with E-state index in [1.165, 1.54) is 64.6 Å². The van der Waals surface area contributed by atoms with Crippen molar-refractivity contribution in [2.24, 2.45) is 23.2 Å². The van der Waals surface area contributed by atoms with Crippen molar-refractivity contribution in [3.05, 3.63) is 0 Å². The molecule has 1 heterocycles. The lowest BCUT2D eigenvalue weighted by atomic mass is 9.45. The van der Waals surface area contributed by atoms with Crippen molar-refractivity contribution in [2.45, 2.75) is 62.6 Å². The van der Waals surface area contributed by atoms with Crippen molar-refractivity contribution in [1.82, 2.24) is 4.90 Å². The number of hydrogen-bond acceptors (Lipinski definition) is 1. The number of piperidine rings is 1. The minimum Gasteiger partial charge on any atom is -0.302 e. The average molecular weight is 326 g/mol. The smallest absolute Gasteiger partial charge is 0.0466 e. The molecule has 5 fully saturated rings. The maximum absolute atomic E-state index is 4.34. The maximum Gasteiger partial charge on any atom is 0.0466 e. The number of alkyl halides is 1. The highest BCUT2D eigenvalue weighted by Gasteiger charge is 2.62. The number of likely N-dealkylation sites (tertiary alicyclic amines) is 1. The van der Waals surface area contributed by atoms with Gasteiger partial charge in [-0.3, -0.25) is 0 Å². The van der Waals surface area contributed by atoms with Gasteiger partial charge in [0.1, 0.15) is 0 Å². The molecule has 0 radical (unpaired) electrons. The summed E-state index contributed by atoms with van der Waals surface area (Å²) in [6.45, 7) is 6.63. The summed E-state index contributed by atoms with van der Waals surface area (Å²) in [7, 11) is 0. The third-order valence-electron chi connectivity index (χ3n) is 6.93. The topological polar surface area (TPSA) is 3.24 Å². The summed E-state index contributed by atoms with van der Waals surface area (Å²) in [5.41, 5.74) is 0.583. The summed E-state index contributed by atoms with van der Waals surface area (Å²) in [4.78, 5) is 2.77. The Balaban J connectivity index is 1.58. The van der Waals surface area contributed by atoms with E-state index < -0.39 is 0 Å². The Morgan fingerprint density at radius 1 is 1.00 bits per heavy atom. The minimum atomic E-state index is 0.435. The van der Waals surface area contributed by atoms with Crippen LogP contribution in [0.25, 0.3) is 0 Å². The predicted octanol–water partition coefficient (Wildman–Crippen LogP) is 4.45. The first-order chi connectivity index (χ1) is 9.09. The van der Waals surface area contributed by atoms with E-state index in [0.29, 0.717) is 9.74 Å². The average Bonchev–Trinajstić information content (AvgIpc) is 2.36. The fourth-order valence-corrected chi connectivity index (χ4v) is 7.28. The molecule has 3 unspecified atom stereocenters. The number of hydrogen-bond donors (Lipinski definition) is 0. The van der Waals surface area contributed by atoms with Crippen LogP contribution in [0.3, 0.4) is 0 Å². The minimum absolute atomic E-state index is 0.435. The molecule has 0 aromatic rings. The van der Waals surface area contributed by atoms with Crippen molar-refractivity contribution >= 4 is 15.9 Å². The molecule has 5 rings (SSSR count).